The van der Waals surface area contributed by atoms with Crippen molar-refractivity contribution >= 4 is 23.1 Å². The van der Waals surface area contributed by atoms with E-state index in [-0.39, 0.29) is 5.95 Å². The van der Waals surface area contributed by atoms with Gasteiger partial charge in [0.15, 0.2) is 0 Å². The zero-order valence-corrected chi connectivity index (χ0v) is 11.6. The van der Waals surface area contributed by atoms with Crippen molar-refractivity contribution in [3.63, 3.8) is 0 Å². The SMILES string of the molecule is Cc1cnc(N)nc1Nc1ccc(N2CCCC2)cc1. The van der Waals surface area contributed by atoms with Crippen LogP contribution in [0.4, 0.5) is 23.1 Å². The summed E-state index contributed by atoms with van der Waals surface area (Å²) in [4.78, 5) is 10.6. The summed E-state index contributed by atoms with van der Waals surface area (Å²) < 4.78 is 0. The molecule has 3 rings (SSSR count). The highest BCUT2D eigenvalue weighted by molar-refractivity contribution is 5.63. The highest BCUT2D eigenvalue weighted by Crippen LogP contribution is 2.24. The summed E-state index contributed by atoms with van der Waals surface area (Å²) in [6, 6.07) is 8.44. The number of rotatable bonds is 3. The van der Waals surface area contributed by atoms with Crippen LogP contribution >= 0.6 is 0 Å². The zero-order valence-electron chi connectivity index (χ0n) is 11.6. The molecule has 1 aromatic carbocycles. The molecule has 0 unspecified atom stereocenters. The molecule has 0 amide bonds. The fourth-order valence-corrected chi connectivity index (χ4v) is 2.45. The molecule has 0 radical (unpaired) electrons. The molecule has 2 aromatic rings. The topological polar surface area (TPSA) is 67.1 Å². The number of aromatic nitrogens is 2. The van der Waals surface area contributed by atoms with E-state index in [4.69, 9.17) is 5.73 Å². The minimum atomic E-state index is 0.284. The standard InChI is InChI=1S/C15H19N5/c1-11-10-17-15(16)19-14(11)18-12-4-6-13(7-5-12)20-8-2-3-9-20/h4-7,10H,2-3,8-9H2,1H3,(H3,16,17,18,19). The number of benzene rings is 1. The van der Waals surface area contributed by atoms with Crippen molar-refractivity contribution in [3.8, 4) is 0 Å². The largest absolute Gasteiger partial charge is 0.372 e. The van der Waals surface area contributed by atoms with Gasteiger partial charge in [0.1, 0.15) is 5.82 Å². The second-order valence-corrected chi connectivity index (χ2v) is 5.13. The van der Waals surface area contributed by atoms with Crippen LogP contribution in [0.25, 0.3) is 0 Å². The van der Waals surface area contributed by atoms with E-state index in [1.54, 1.807) is 6.20 Å². The zero-order chi connectivity index (χ0) is 13.9. The van der Waals surface area contributed by atoms with Crippen molar-refractivity contribution in [2.24, 2.45) is 0 Å². The second kappa shape index (κ2) is 5.36. The van der Waals surface area contributed by atoms with Gasteiger partial charge >= 0.3 is 0 Å². The molecule has 0 bridgehead atoms. The first kappa shape index (κ1) is 12.7. The minimum Gasteiger partial charge on any atom is -0.372 e. The number of nitrogens with zero attached hydrogens (tertiary/aromatic N) is 3. The molecule has 0 aliphatic carbocycles. The third kappa shape index (κ3) is 2.66. The van der Waals surface area contributed by atoms with E-state index < -0.39 is 0 Å². The maximum atomic E-state index is 5.62. The molecule has 1 fully saturated rings. The predicted octanol–water partition coefficient (Wildman–Crippen LogP) is 2.71. The Hall–Kier alpha value is -2.30. The van der Waals surface area contributed by atoms with Crippen LogP contribution in [-0.2, 0) is 0 Å². The summed E-state index contributed by atoms with van der Waals surface area (Å²) in [7, 11) is 0. The first-order valence-corrected chi connectivity index (χ1v) is 6.93. The smallest absolute Gasteiger partial charge is 0.221 e. The number of nitrogen functional groups attached to an aromatic ring is 1. The lowest BCUT2D eigenvalue weighted by Gasteiger charge is -2.18. The lowest BCUT2D eigenvalue weighted by Crippen LogP contribution is -2.17. The Kier molecular flexibility index (Phi) is 3.41. The van der Waals surface area contributed by atoms with E-state index in [9.17, 15) is 0 Å². The second-order valence-electron chi connectivity index (χ2n) is 5.13. The van der Waals surface area contributed by atoms with Crippen molar-refractivity contribution in [1.29, 1.82) is 0 Å². The molecule has 5 nitrogen and oxygen atoms in total. The maximum Gasteiger partial charge on any atom is 0.221 e. The van der Waals surface area contributed by atoms with E-state index in [1.165, 1.54) is 18.5 Å². The Balaban J connectivity index is 1.76. The van der Waals surface area contributed by atoms with Gasteiger partial charge in [-0.2, -0.15) is 4.98 Å². The van der Waals surface area contributed by atoms with Gasteiger partial charge in [-0.15, -0.1) is 0 Å². The van der Waals surface area contributed by atoms with E-state index in [0.717, 1.165) is 30.2 Å². The summed E-state index contributed by atoms with van der Waals surface area (Å²) >= 11 is 0. The number of nitrogens with two attached hydrogens (primary N) is 1. The van der Waals surface area contributed by atoms with Gasteiger partial charge in [0.2, 0.25) is 5.95 Å². The third-order valence-electron chi connectivity index (χ3n) is 3.59. The Bertz CT molecular complexity index is 588. The maximum absolute atomic E-state index is 5.62. The van der Waals surface area contributed by atoms with Crippen LogP contribution in [0.3, 0.4) is 0 Å². The predicted molar refractivity (Wildman–Crippen MR) is 82.4 cm³/mol. The molecule has 1 aromatic heterocycles. The fraction of sp³-hybridized carbons (Fsp3) is 0.333. The molecule has 1 saturated heterocycles. The van der Waals surface area contributed by atoms with Crippen LogP contribution in [0, 0.1) is 6.92 Å². The molecule has 2 heterocycles. The van der Waals surface area contributed by atoms with E-state index in [2.05, 4.69) is 44.5 Å². The van der Waals surface area contributed by atoms with Crippen LogP contribution in [0.1, 0.15) is 18.4 Å². The van der Waals surface area contributed by atoms with Crippen LogP contribution in [0.5, 0.6) is 0 Å². The molecule has 20 heavy (non-hydrogen) atoms. The Labute approximate surface area is 118 Å². The quantitative estimate of drug-likeness (QED) is 0.896. The molecule has 0 spiro atoms. The van der Waals surface area contributed by atoms with Crippen molar-refractivity contribution in [2.75, 3.05) is 29.0 Å². The van der Waals surface area contributed by atoms with Gasteiger partial charge in [0, 0.05) is 36.2 Å². The van der Waals surface area contributed by atoms with Gasteiger partial charge in [0.25, 0.3) is 0 Å². The average Bonchev–Trinajstić information content (AvgIpc) is 2.98. The molecule has 3 N–H and O–H groups in total. The van der Waals surface area contributed by atoms with Crippen LogP contribution in [0.2, 0.25) is 0 Å². The first-order valence-electron chi connectivity index (χ1n) is 6.93. The Morgan fingerprint density at radius 1 is 1.15 bits per heavy atom. The van der Waals surface area contributed by atoms with Gasteiger partial charge in [-0.1, -0.05) is 0 Å². The monoisotopic (exact) mass is 269 g/mol. The molecule has 0 saturated carbocycles. The molecular weight excluding hydrogens is 250 g/mol. The third-order valence-corrected chi connectivity index (χ3v) is 3.59. The van der Waals surface area contributed by atoms with Gasteiger partial charge in [-0.05, 0) is 44.0 Å². The number of hydrogen-bond acceptors (Lipinski definition) is 5. The van der Waals surface area contributed by atoms with Crippen molar-refractivity contribution in [3.05, 3.63) is 36.0 Å². The van der Waals surface area contributed by atoms with E-state index in [0.29, 0.717) is 0 Å². The number of aryl methyl sites for hydroxylation is 1. The summed E-state index contributed by atoms with van der Waals surface area (Å²) in [6.07, 6.45) is 4.31. The summed E-state index contributed by atoms with van der Waals surface area (Å²) in [5, 5.41) is 3.28. The molecule has 1 aliphatic rings. The number of anilines is 4. The highest BCUT2D eigenvalue weighted by Gasteiger charge is 2.11. The molecule has 0 atom stereocenters. The van der Waals surface area contributed by atoms with Gasteiger partial charge in [-0.3, -0.25) is 0 Å². The highest BCUT2D eigenvalue weighted by atomic mass is 15.1. The lowest BCUT2D eigenvalue weighted by atomic mass is 10.2. The average molecular weight is 269 g/mol. The molecule has 104 valence electrons. The van der Waals surface area contributed by atoms with Crippen LogP contribution in [0.15, 0.2) is 30.5 Å². The molecule has 1 aliphatic heterocycles. The molecular formula is C15H19N5. The van der Waals surface area contributed by atoms with E-state index >= 15 is 0 Å². The minimum absolute atomic E-state index is 0.284. The van der Waals surface area contributed by atoms with Gasteiger partial charge in [-0.25, -0.2) is 4.98 Å². The number of nitrogens with one attached hydrogen (secondary N) is 1. The Morgan fingerprint density at radius 3 is 2.55 bits per heavy atom. The number of hydrogen-bond donors (Lipinski definition) is 2. The molecule has 5 heteroatoms. The lowest BCUT2D eigenvalue weighted by molar-refractivity contribution is 0.949. The van der Waals surface area contributed by atoms with Crippen molar-refractivity contribution in [1.82, 2.24) is 9.97 Å². The fourth-order valence-electron chi connectivity index (χ4n) is 2.45. The van der Waals surface area contributed by atoms with Crippen molar-refractivity contribution in [2.45, 2.75) is 19.8 Å². The van der Waals surface area contributed by atoms with Gasteiger partial charge in [0.05, 0.1) is 0 Å². The van der Waals surface area contributed by atoms with Gasteiger partial charge < -0.3 is 16.0 Å². The Morgan fingerprint density at radius 2 is 1.85 bits per heavy atom. The van der Waals surface area contributed by atoms with Crippen LogP contribution in [-0.4, -0.2) is 23.1 Å². The van der Waals surface area contributed by atoms with Crippen molar-refractivity contribution < 1.29 is 0 Å². The van der Waals surface area contributed by atoms with Crippen LogP contribution < -0.4 is 16.0 Å². The summed E-state index contributed by atoms with van der Waals surface area (Å²) in [5.74, 6) is 1.04. The summed E-state index contributed by atoms with van der Waals surface area (Å²) in [6.45, 7) is 4.28. The summed E-state index contributed by atoms with van der Waals surface area (Å²) in [5.41, 5.74) is 8.89. The first-order chi connectivity index (χ1) is 9.72. The normalized spacial score (nSPS) is 14.6. The van der Waals surface area contributed by atoms with E-state index in [1.807, 2.05) is 6.92 Å².